The molecule has 31 heavy (non-hydrogen) atoms. The molecule has 4 rings (SSSR count). The van der Waals surface area contributed by atoms with Crippen LogP contribution in [-0.4, -0.2) is 67.8 Å². The number of anilines is 3. The first kappa shape index (κ1) is 20.9. The molecule has 2 fully saturated rings. The molecule has 164 valence electrons. The van der Waals surface area contributed by atoms with E-state index in [1.54, 1.807) is 42.5 Å². The van der Waals surface area contributed by atoms with Crippen LogP contribution in [0.5, 0.6) is 5.75 Å². The summed E-state index contributed by atoms with van der Waals surface area (Å²) in [7, 11) is 1.59. The Hall–Kier alpha value is -3.33. The average Bonchev–Trinajstić information content (AvgIpc) is 3.31. The fourth-order valence-corrected chi connectivity index (χ4v) is 3.82. The third-order valence-electron chi connectivity index (χ3n) is 5.51. The highest BCUT2D eigenvalue weighted by Crippen LogP contribution is 2.22. The van der Waals surface area contributed by atoms with E-state index in [0.29, 0.717) is 43.3 Å². The fourth-order valence-electron chi connectivity index (χ4n) is 3.82. The van der Waals surface area contributed by atoms with Gasteiger partial charge in [0.1, 0.15) is 17.6 Å². The number of urea groups is 1. The van der Waals surface area contributed by atoms with Crippen molar-refractivity contribution >= 4 is 29.1 Å². The molecule has 2 saturated heterocycles. The standard InChI is InChI=1S/C22H27N5O4/c1-30-18-7-4-16(5-8-18)24-21(28)19-3-2-10-27(19)22(29)25-17-6-9-20(23-15-17)26-11-13-31-14-12-26/h4-9,15,19H,2-3,10-14H2,1H3,(H,24,28)(H,25,29). The summed E-state index contributed by atoms with van der Waals surface area (Å²) in [6.07, 6.45) is 3.05. The summed E-state index contributed by atoms with van der Waals surface area (Å²) in [5, 5.41) is 5.75. The molecular formula is C22H27N5O4. The molecule has 3 amide bonds. The smallest absolute Gasteiger partial charge is 0.322 e. The van der Waals surface area contributed by atoms with Gasteiger partial charge < -0.3 is 29.9 Å². The van der Waals surface area contributed by atoms with Gasteiger partial charge in [0.25, 0.3) is 0 Å². The van der Waals surface area contributed by atoms with Gasteiger partial charge >= 0.3 is 6.03 Å². The summed E-state index contributed by atoms with van der Waals surface area (Å²) in [6.45, 7) is 3.52. The Balaban J connectivity index is 1.35. The zero-order valence-corrected chi connectivity index (χ0v) is 17.5. The summed E-state index contributed by atoms with van der Waals surface area (Å²) < 4.78 is 10.5. The van der Waals surface area contributed by atoms with Gasteiger partial charge in [-0.1, -0.05) is 0 Å². The lowest BCUT2D eigenvalue weighted by Crippen LogP contribution is -2.45. The molecule has 1 aromatic heterocycles. The Morgan fingerprint density at radius 3 is 2.45 bits per heavy atom. The summed E-state index contributed by atoms with van der Waals surface area (Å²) in [6, 6.07) is 10.0. The molecule has 2 aromatic rings. The Morgan fingerprint density at radius 2 is 1.77 bits per heavy atom. The van der Waals surface area contributed by atoms with E-state index in [0.717, 1.165) is 25.3 Å². The molecule has 3 heterocycles. The molecule has 0 radical (unpaired) electrons. The van der Waals surface area contributed by atoms with E-state index in [9.17, 15) is 9.59 Å². The summed E-state index contributed by atoms with van der Waals surface area (Å²) in [5.74, 6) is 1.38. The van der Waals surface area contributed by atoms with Crippen molar-refractivity contribution in [3.63, 3.8) is 0 Å². The van der Waals surface area contributed by atoms with Crippen molar-refractivity contribution < 1.29 is 19.1 Å². The van der Waals surface area contributed by atoms with E-state index >= 15 is 0 Å². The Bertz CT molecular complexity index is 897. The zero-order chi connectivity index (χ0) is 21.6. The number of likely N-dealkylation sites (tertiary alicyclic amines) is 1. The highest BCUT2D eigenvalue weighted by atomic mass is 16.5. The van der Waals surface area contributed by atoms with Crippen molar-refractivity contribution in [3.05, 3.63) is 42.6 Å². The van der Waals surface area contributed by atoms with Crippen LogP contribution in [0.15, 0.2) is 42.6 Å². The maximum atomic E-state index is 12.8. The van der Waals surface area contributed by atoms with Crippen LogP contribution in [0, 0.1) is 0 Å². The van der Waals surface area contributed by atoms with Crippen molar-refractivity contribution in [3.8, 4) is 5.75 Å². The number of rotatable bonds is 5. The monoisotopic (exact) mass is 425 g/mol. The minimum Gasteiger partial charge on any atom is -0.497 e. The van der Waals surface area contributed by atoms with Gasteiger partial charge in [0.2, 0.25) is 5.91 Å². The number of aromatic nitrogens is 1. The van der Waals surface area contributed by atoms with Crippen LogP contribution >= 0.6 is 0 Å². The number of methoxy groups -OCH3 is 1. The second-order valence-corrected chi connectivity index (χ2v) is 7.50. The van der Waals surface area contributed by atoms with Crippen LogP contribution in [0.4, 0.5) is 22.0 Å². The number of carbonyl (C=O) groups excluding carboxylic acids is 2. The normalized spacial score (nSPS) is 18.5. The zero-order valence-electron chi connectivity index (χ0n) is 17.5. The van der Waals surface area contributed by atoms with Gasteiger partial charge in [0.15, 0.2) is 0 Å². The molecule has 2 aliphatic rings. The van der Waals surface area contributed by atoms with E-state index in [1.165, 1.54) is 0 Å². The number of hydrogen-bond acceptors (Lipinski definition) is 6. The van der Waals surface area contributed by atoms with E-state index < -0.39 is 6.04 Å². The van der Waals surface area contributed by atoms with Gasteiger partial charge in [-0.05, 0) is 49.2 Å². The molecule has 0 bridgehead atoms. The molecule has 2 aliphatic heterocycles. The Labute approximate surface area is 181 Å². The largest absolute Gasteiger partial charge is 0.497 e. The SMILES string of the molecule is COc1ccc(NC(=O)C2CCCN2C(=O)Nc2ccc(N3CCOCC3)nc2)cc1. The average molecular weight is 425 g/mol. The van der Waals surface area contributed by atoms with Crippen LogP contribution in [0.1, 0.15) is 12.8 Å². The van der Waals surface area contributed by atoms with E-state index in [-0.39, 0.29) is 11.9 Å². The molecule has 1 atom stereocenters. The summed E-state index contributed by atoms with van der Waals surface area (Å²) in [5.41, 5.74) is 1.27. The van der Waals surface area contributed by atoms with Crippen LogP contribution in [-0.2, 0) is 9.53 Å². The molecule has 9 nitrogen and oxygen atoms in total. The van der Waals surface area contributed by atoms with Gasteiger partial charge in [0.05, 0.1) is 32.2 Å². The van der Waals surface area contributed by atoms with Gasteiger partial charge in [0, 0.05) is 25.3 Å². The lowest BCUT2D eigenvalue weighted by molar-refractivity contribution is -0.119. The maximum Gasteiger partial charge on any atom is 0.322 e. The number of pyridine rings is 1. The molecule has 9 heteroatoms. The van der Waals surface area contributed by atoms with Crippen molar-refractivity contribution in [1.29, 1.82) is 0 Å². The number of nitrogens with one attached hydrogen (secondary N) is 2. The number of ether oxygens (including phenoxy) is 2. The first-order valence-electron chi connectivity index (χ1n) is 10.5. The van der Waals surface area contributed by atoms with Crippen LogP contribution in [0.2, 0.25) is 0 Å². The number of hydrogen-bond donors (Lipinski definition) is 2. The second kappa shape index (κ2) is 9.65. The number of amides is 3. The van der Waals surface area contributed by atoms with Crippen LogP contribution in [0.25, 0.3) is 0 Å². The van der Waals surface area contributed by atoms with Gasteiger partial charge in [-0.3, -0.25) is 4.79 Å². The lowest BCUT2D eigenvalue weighted by atomic mass is 10.2. The first-order chi connectivity index (χ1) is 15.1. The number of nitrogens with zero attached hydrogens (tertiary/aromatic N) is 3. The highest BCUT2D eigenvalue weighted by molar-refractivity contribution is 5.99. The predicted molar refractivity (Wildman–Crippen MR) is 118 cm³/mol. The van der Waals surface area contributed by atoms with Crippen LogP contribution in [0.3, 0.4) is 0 Å². The van der Waals surface area contributed by atoms with Crippen molar-refractivity contribution in [2.24, 2.45) is 0 Å². The van der Waals surface area contributed by atoms with E-state index in [4.69, 9.17) is 9.47 Å². The molecule has 1 aromatic carbocycles. The van der Waals surface area contributed by atoms with Gasteiger partial charge in [-0.15, -0.1) is 0 Å². The van der Waals surface area contributed by atoms with Gasteiger partial charge in [-0.25, -0.2) is 9.78 Å². The number of carbonyl (C=O) groups is 2. The molecule has 0 spiro atoms. The topological polar surface area (TPSA) is 96.0 Å². The first-order valence-corrected chi connectivity index (χ1v) is 10.5. The maximum absolute atomic E-state index is 12.8. The number of morpholine rings is 1. The minimum atomic E-state index is -0.511. The lowest BCUT2D eigenvalue weighted by Gasteiger charge is -2.28. The Kier molecular flexibility index (Phi) is 6.51. The molecule has 2 N–H and O–H groups in total. The molecule has 0 aliphatic carbocycles. The van der Waals surface area contributed by atoms with Crippen molar-refractivity contribution in [2.75, 3.05) is 55.5 Å². The molecule has 0 saturated carbocycles. The third-order valence-corrected chi connectivity index (χ3v) is 5.51. The van der Waals surface area contributed by atoms with Crippen molar-refractivity contribution in [1.82, 2.24) is 9.88 Å². The van der Waals surface area contributed by atoms with Crippen LogP contribution < -0.4 is 20.3 Å². The molecular weight excluding hydrogens is 398 g/mol. The van der Waals surface area contributed by atoms with E-state index in [1.807, 2.05) is 12.1 Å². The van der Waals surface area contributed by atoms with Crippen molar-refractivity contribution in [2.45, 2.75) is 18.9 Å². The van der Waals surface area contributed by atoms with E-state index in [2.05, 4.69) is 20.5 Å². The highest BCUT2D eigenvalue weighted by Gasteiger charge is 2.34. The number of benzene rings is 1. The predicted octanol–water partition coefficient (Wildman–Crippen LogP) is 2.56. The quantitative estimate of drug-likeness (QED) is 0.764. The molecule has 1 unspecified atom stereocenters. The Morgan fingerprint density at radius 1 is 1.03 bits per heavy atom. The van der Waals surface area contributed by atoms with Gasteiger partial charge in [-0.2, -0.15) is 0 Å². The summed E-state index contributed by atoms with van der Waals surface area (Å²) >= 11 is 0. The second-order valence-electron chi connectivity index (χ2n) is 7.50. The third kappa shape index (κ3) is 5.05. The fraction of sp³-hybridized carbons (Fsp3) is 0.409. The minimum absolute atomic E-state index is 0.196. The summed E-state index contributed by atoms with van der Waals surface area (Å²) in [4.78, 5) is 33.8.